The van der Waals surface area contributed by atoms with Crippen molar-refractivity contribution < 1.29 is 13.2 Å². The third-order valence-electron chi connectivity index (χ3n) is 4.59. The molecule has 0 unspecified atom stereocenters. The van der Waals surface area contributed by atoms with E-state index in [1.807, 2.05) is 0 Å². The number of rotatable bonds is 3. The van der Waals surface area contributed by atoms with Crippen molar-refractivity contribution in [1.29, 1.82) is 0 Å². The molecule has 2 heterocycles. The summed E-state index contributed by atoms with van der Waals surface area (Å²) in [5, 5.41) is 7.26. The Bertz CT molecular complexity index is 945. The molecular formula is C17H15ClF3N5. The summed E-state index contributed by atoms with van der Waals surface area (Å²) in [6.45, 7) is 0. The summed E-state index contributed by atoms with van der Waals surface area (Å²) in [6.07, 6.45) is 6.40. The van der Waals surface area contributed by atoms with Crippen LogP contribution in [-0.2, 0) is 0 Å². The van der Waals surface area contributed by atoms with Crippen molar-refractivity contribution in [2.75, 3.05) is 5.32 Å². The molecule has 4 rings (SSSR count). The smallest absolute Gasteiger partial charge is 0.255 e. The van der Waals surface area contributed by atoms with Crippen molar-refractivity contribution in [3.05, 3.63) is 41.1 Å². The van der Waals surface area contributed by atoms with Crippen LogP contribution in [0.2, 0.25) is 5.15 Å². The van der Waals surface area contributed by atoms with Gasteiger partial charge in [-0.05, 0) is 12.8 Å². The normalized spacial score (nSPS) is 15.5. The highest BCUT2D eigenvalue weighted by Gasteiger charge is 2.26. The number of hydrogen-bond donors (Lipinski definition) is 1. The lowest BCUT2D eigenvalue weighted by atomic mass is 9.95. The quantitative estimate of drug-likeness (QED) is 0.673. The van der Waals surface area contributed by atoms with E-state index in [-0.39, 0.29) is 22.5 Å². The lowest BCUT2D eigenvalue weighted by Gasteiger charge is -2.25. The topological polar surface area (TPSA) is 55.1 Å². The fourth-order valence-electron chi connectivity index (χ4n) is 3.39. The van der Waals surface area contributed by atoms with Crippen LogP contribution in [0.3, 0.4) is 0 Å². The van der Waals surface area contributed by atoms with Gasteiger partial charge in [0.1, 0.15) is 34.7 Å². The molecule has 2 aromatic heterocycles. The molecular weight excluding hydrogens is 367 g/mol. The maximum Gasteiger partial charge on any atom is 0.255 e. The first-order valence-electron chi connectivity index (χ1n) is 8.35. The van der Waals surface area contributed by atoms with Gasteiger partial charge in [0.15, 0.2) is 0 Å². The van der Waals surface area contributed by atoms with Gasteiger partial charge in [-0.1, -0.05) is 30.9 Å². The van der Waals surface area contributed by atoms with E-state index in [1.165, 1.54) is 10.8 Å². The zero-order valence-electron chi connectivity index (χ0n) is 13.6. The molecule has 0 aliphatic heterocycles. The highest BCUT2D eigenvalue weighted by molar-refractivity contribution is 6.33. The molecule has 0 radical (unpaired) electrons. The van der Waals surface area contributed by atoms with Crippen molar-refractivity contribution in [3.8, 4) is 11.1 Å². The molecule has 1 fully saturated rings. The molecule has 0 bridgehead atoms. The molecule has 1 aliphatic rings. The first-order chi connectivity index (χ1) is 12.5. The Morgan fingerprint density at radius 2 is 1.73 bits per heavy atom. The highest BCUT2D eigenvalue weighted by atomic mass is 35.5. The molecule has 9 heteroatoms. The van der Waals surface area contributed by atoms with Gasteiger partial charge in [-0.3, -0.25) is 0 Å². The van der Waals surface area contributed by atoms with Gasteiger partial charge < -0.3 is 5.32 Å². The third-order valence-corrected chi connectivity index (χ3v) is 4.86. The fraction of sp³-hybridized carbons (Fsp3) is 0.353. The van der Waals surface area contributed by atoms with Crippen LogP contribution in [0.15, 0.2) is 18.5 Å². The minimum Gasteiger partial charge on any atom is -0.367 e. The third kappa shape index (κ3) is 2.98. The largest absolute Gasteiger partial charge is 0.367 e. The van der Waals surface area contributed by atoms with Crippen LogP contribution >= 0.6 is 11.6 Å². The van der Waals surface area contributed by atoms with Crippen LogP contribution < -0.4 is 5.32 Å². The molecule has 1 aromatic carbocycles. The Balaban J connectivity index is 1.93. The Hall–Kier alpha value is -2.35. The molecule has 0 atom stereocenters. The van der Waals surface area contributed by atoms with Crippen LogP contribution in [-0.4, -0.2) is 25.6 Å². The lowest BCUT2D eigenvalue weighted by Crippen LogP contribution is -2.24. The number of nitrogens with one attached hydrogen (secondary N) is 1. The van der Waals surface area contributed by atoms with E-state index < -0.39 is 23.0 Å². The van der Waals surface area contributed by atoms with Gasteiger partial charge in [-0.25, -0.2) is 13.2 Å². The molecule has 5 nitrogen and oxygen atoms in total. The number of benzene rings is 1. The van der Waals surface area contributed by atoms with Crippen molar-refractivity contribution in [3.63, 3.8) is 0 Å². The van der Waals surface area contributed by atoms with Crippen molar-refractivity contribution in [1.82, 2.24) is 19.6 Å². The van der Waals surface area contributed by atoms with Gasteiger partial charge >= 0.3 is 0 Å². The molecule has 136 valence electrons. The van der Waals surface area contributed by atoms with Gasteiger partial charge in [0, 0.05) is 18.2 Å². The first kappa shape index (κ1) is 17.1. The van der Waals surface area contributed by atoms with Crippen molar-refractivity contribution >= 4 is 23.2 Å². The molecule has 1 aliphatic carbocycles. The number of anilines is 1. The van der Waals surface area contributed by atoms with Gasteiger partial charge in [-0.2, -0.15) is 19.6 Å². The second-order valence-corrected chi connectivity index (χ2v) is 6.68. The standard InChI is InChI=1S/C17H15ClF3N5/c18-15-14(13-11(20)6-9(19)7-12(13)21)16(24-10-4-2-1-3-5-10)26-17(25-15)22-8-23-26/h6-8,10,24H,1-5H2. The van der Waals surface area contributed by atoms with Crippen LogP contribution in [0.1, 0.15) is 32.1 Å². The predicted molar refractivity (Wildman–Crippen MR) is 91.6 cm³/mol. The summed E-state index contributed by atoms with van der Waals surface area (Å²) in [6, 6.07) is 1.34. The summed E-state index contributed by atoms with van der Waals surface area (Å²) in [7, 11) is 0. The number of hydrogen-bond acceptors (Lipinski definition) is 4. The molecule has 0 saturated heterocycles. The van der Waals surface area contributed by atoms with E-state index in [1.54, 1.807) is 0 Å². The molecule has 0 amide bonds. The Morgan fingerprint density at radius 1 is 1.04 bits per heavy atom. The highest BCUT2D eigenvalue weighted by Crippen LogP contribution is 2.38. The van der Waals surface area contributed by atoms with Crippen molar-refractivity contribution in [2.45, 2.75) is 38.1 Å². The Kier molecular flexibility index (Phi) is 4.44. The van der Waals surface area contributed by atoms with Crippen molar-refractivity contribution in [2.24, 2.45) is 0 Å². The second kappa shape index (κ2) is 6.75. The summed E-state index contributed by atoms with van der Waals surface area (Å²) in [5.74, 6) is -2.61. The first-order valence-corrected chi connectivity index (χ1v) is 8.73. The van der Waals surface area contributed by atoms with E-state index in [2.05, 4.69) is 20.4 Å². The number of nitrogens with zero attached hydrogens (tertiary/aromatic N) is 4. The van der Waals surface area contributed by atoms with E-state index >= 15 is 0 Å². The average molecular weight is 382 g/mol. The number of halogens is 4. The number of fused-ring (bicyclic) bond motifs is 1. The maximum absolute atomic E-state index is 14.4. The minimum atomic E-state index is -1.06. The van der Waals surface area contributed by atoms with Gasteiger partial charge in [-0.15, -0.1) is 0 Å². The lowest BCUT2D eigenvalue weighted by molar-refractivity contribution is 0.461. The fourth-order valence-corrected chi connectivity index (χ4v) is 3.65. The minimum absolute atomic E-state index is 0.00485. The van der Waals surface area contributed by atoms with Crippen LogP contribution in [0.25, 0.3) is 16.9 Å². The Morgan fingerprint density at radius 3 is 2.42 bits per heavy atom. The van der Waals surface area contributed by atoms with E-state index in [0.29, 0.717) is 18.0 Å². The Labute approximate surface area is 152 Å². The summed E-state index contributed by atoms with van der Waals surface area (Å²) >= 11 is 6.24. The summed E-state index contributed by atoms with van der Waals surface area (Å²) in [5.41, 5.74) is -0.440. The monoisotopic (exact) mass is 381 g/mol. The summed E-state index contributed by atoms with van der Waals surface area (Å²) < 4.78 is 43.5. The zero-order chi connectivity index (χ0) is 18.3. The molecule has 0 spiro atoms. The van der Waals surface area contributed by atoms with Crippen LogP contribution in [0.5, 0.6) is 0 Å². The number of aromatic nitrogens is 4. The predicted octanol–water partition coefficient (Wildman–Crippen LogP) is 4.61. The molecule has 3 aromatic rings. The zero-order valence-corrected chi connectivity index (χ0v) is 14.4. The molecule has 1 saturated carbocycles. The maximum atomic E-state index is 14.4. The van der Waals surface area contributed by atoms with Gasteiger partial charge in [0.2, 0.25) is 0 Å². The van der Waals surface area contributed by atoms with Crippen LogP contribution in [0, 0.1) is 17.5 Å². The van der Waals surface area contributed by atoms with Gasteiger partial charge in [0.25, 0.3) is 5.78 Å². The molecule has 1 N–H and O–H groups in total. The van der Waals surface area contributed by atoms with E-state index in [4.69, 9.17) is 11.6 Å². The van der Waals surface area contributed by atoms with E-state index in [9.17, 15) is 13.2 Å². The SMILES string of the molecule is Fc1cc(F)c(-c2c(Cl)nc3ncnn3c2NC2CCCCC2)c(F)c1. The summed E-state index contributed by atoms with van der Waals surface area (Å²) in [4.78, 5) is 8.05. The molecule has 26 heavy (non-hydrogen) atoms. The van der Waals surface area contributed by atoms with Gasteiger partial charge in [0.05, 0.1) is 11.1 Å². The second-order valence-electron chi connectivity index (χ2n) is 6.32. The van der Waals surface area contributed by atoms with Crippen LogP contribution in [0.4, 0.5) is 19.0 Å². The average Bonchev–Trinajstić information content (AvgIpc) is 3.05. The van der Waals surface area contributed by atoms with E-state index in [0.717, 1.165) is 32.1 Å².